The first-order chi connectivity index (χ1) is 10.6. The molecule has 126 valence electrons. The molecule has 0 aromatic heterocycles. The lowest BCUT2D eigenvalue weighted by molar-refractivity contribution is -0.192. The largest absolute Gasteiger partial charge is 0.490 e. The molecule has 0 radical (unpaired) electrons. The van der Waals surface area contributed by atoms with Crippen molar-refractivity contribution in [3.63, 3.8) is 0 Å². The van der Waals surface area contributed by atoms with Crippen LogP contribution in [0.3, 0.4) is 0 Å². The molecule has 1 atom stereocenters. The lowest BCUT2D eigenvalue weighted by atomic mass is 9.90. The van der Waals surface area contributed by atoms with Gasteiger partial charge in [-0.2, -0.15) is 13.2 Å². The van der Waals surface area contributed by atoms with Gasteiger partial charge in [-0.3, -0.25) is 5.32 Å². The van der Waals surface area contributed by atoms with Gasteiger partial charge in [-0.05, 0) is 24.7 Å². The van der Waals surface area contributed by atoms with Crippen LogP contribution in [0.1, 0.15) is 12.0 Å². The van der Waals surface area contributed by atoms with Gasteiger partial charge in [0.1, 0.15) is 0 Å². The second-order valence-electron chi connectivity index (χ2n) is 4.93. The van der Waals surface area contributed by atoms with Gasteiger partial charge in [0, 0.05) is 23.6 Å². The summed E-state index contributed by atoms with van der Waals surface area (Å²) >= 11 is 5.99. The van der Waals surface area contributed by atoms with Crippen LogP contribution in [0.5, 0.6) is 0 Å². The summed E-state index contributed by atoms with van der Waals surface area (Å²) in [5.41, 5.74) is 1.22. The average molecular weight is 353 g/mol. The third kappa shape index (κ3) is 3.85. The molecule has 2 aliphatic heterocycles. The van der Waals surface area contributed by atoms with Crippen LogP contribution >= 0.6 is 11.6 Å². The summed E-state index contributed by atoms with van der Waals surface area (Å²) < 4.78 is 37.2. The Labute approximate surface area is 133 Å². The molecule has 2 aliphatic rings. The van der Waals surface area contributed by atoms with E-state index in [9.17, 15) is 18.0 Å². The predicted octanol–water partition coefficient (Wildman–Crippen LogP) is 2.72. The predicted molar refractivity (Wildman–Crippen MR) is 74.4 cm³/mol. The van der Waals surface area contributed by atoms with Crippen molar-refractivity contribution in [3.05, 3.63) is 28.8 Å². The number of aliphatic carboxylic acids is 1. The molecule has 1 saturated heterocycles. The number of carboxylic acids is 1. The van der Waals surface area contributed by atoms with E-state index in [4.69, 9.17) is 26.2 Å². The molecule has 6 nitrogen and oxygen atoms in total. The Kier molecular flexibility index (Phi) is 4.71. The number of halogens is 4. The molecule has 23 heavy (non-hydrogen) atoms. The zero-order chi connectivity index (χ0) is 17.3. The summed E-state index contributed by atoms with van der Waals surface area (Å²) in [6, 6.07) is 5.45. The molecule has 1 fully saturated rings. The van der Waals surface area contributed by atoms with Gasteiger partial charge in [0.15, 0.2) is 5.60 Å². The third-order valence-electron chi connectivity index (χ3n) is 3.36. The minimum Gasteiger partial charge on any atom is -0.475 e. The summed E-state index contributed by atoms with van der Waals surface area (Å²) in [4.78, 5) is 20.4. The van der Waals surface area contributed by atoms with Gasteiger partial charge in [0.25, 0.3) is 0 Å². The Morgan fingerprint density at radius 1 is 1.39 bits per heavy atom. The van der Waals surface area contributed by atoms with Crippen LogP contribution in [0, 0.1) is 0 Å². The number of amides is 1. The van der Waals surface area contributed by atoms with Gasteiger partial charge in [0.05, 0.1) is 5.69 Å². The van der Waals surface area contributed by atoms with E-state index in [-0.39, 0.29) is 0 Å². The third-order valence-corrected chi connectivity index (χ3v) is 3.59. The second kappa shape index (κ2) is 6.25. The fraction of sp³-hybridized carbons (Fsp3) is 0.385. The van der Waals surface area contributed by atoms with Gasteiger partial charge in [-0.1, -0.05) is 11.6 Å². The number of carbonyl (C=O) groups excluding carboxylic acids is 1. The number of hydrogen-bond acceptors (Lipinski definition) is 4. The second-order valence-corrected chi connectivity index (χ2v) is 5.36. The number of nitrogens with one attached hydrogen (secondary N) is 2. The topological polar surface area (TPSA) is 87.7 Å². The number of fused-ring (bicyclic) bond motifs is 2. The van der Waals surface area contributed by atoms with E-state index in [2.05, 4.69) is 10.6 Å². The monoisotopic (exact) mass is 352 g/mol. The molecular weight excluding hydrogens is 341 g/mol. The van der Waals surface area contributed by atoms with Gasteiger partial charge in [-0.15, -0.1) is 0 Å². The Balaban J connectivity index is 0.000000236. The van der Waals surface area contributed by atoms with Crippen molar-refractivity contribution in [2.75, 3.05) is 18.4 Å². The van der Waals surface area contributed by atoms with Crippen LogP contribution in [-0.4, -0.2) is 36.4 Å². The first-order valence-corrected chi connectivity index (χ1v) is 6.83. The van der Waals surface area contributed by atoms with Crippen molar-refractivity contribution in [1.29, 1.82) is 0 Å². The first-order valence-electron chi connectivity index (χ1n) is 6.45. The SMILES string of the molecule is O=C(O)C(F)(F)F.O=C1Nc2ccc(Cl)cc2C2(CCNC2)O1. The summed E-state index contributed by atoms with van der Waals surface area (Å²) in [6.45, 7) is 1.49. The summed E-state index contributed by atoms with van der Waals surface area (Å²) in [6.07, 6.45) is -4.69. The van der Waals surface area contributed by atoms with E-state index >= 15 is 0 Å². The highest BCUT2D eigenvalue weighted by Gasteiger charge is 2.44. The molecule has 3 N–H and O–H groups in total. The van der Waals surface area contributed by atoms with Crippen LogP contribution < -0.4 is 10.6 Å². The number of anilines is 1. The number of ether oxygens (including phenoxy) is 1. The summed E-state index contributed by atoms with van der Waals surface area (Å²) in [5, 5.41) is 13.7. The van der Waals surface area contributed by atoms with E-state index in [0.29, 0.717) is 11.6 Å². The first kappa shape index (κ1) is 17.4. The Morgan fingerprint density at radius 2 is 2.04 bits per heavy atom. The van der Waals surface area contributed by atoms with Gasteiger partial charge in [0.2, 0.25) is 0 Å². The van der Waals surface area contributed by atoms with Crippen molar-refractivity contribution in [2.24, 2.45) is 0 Å². The number of carboxylic acid groups (broad SMARTS) is 1. The number of alkyl halides is 3. The molecule has 1 aromatic rings. The molecule has 0 saturated carbocycles. The quantitative estimate of drug-likeness (QED) is 0.668. The summed E-state index contributed by atoms with van der Waals surface area (Å²) in [5.74, 6) is -2.76. The zero-order valence-corrected chi connectivity index (χ0v) is 12.3. The molecule has 0 bridgehead atoms. The molecule has 1 aromatic carbocycles. The van der Waals surface area contributed by atoms with Crippen LogP contribution in [-0.2, 0) is 15.1 Å². The number of hydrogen-bond donors (Lipinski definition) is 3. The smallest absolute Gasteiger partial charge is 0.475 e. The Bertz CT molecular complexity index is 630. The maximum atomic E-state index is 11.5. The zero-order valence-electron chi connectivity index (χ0n) is 11.5. The fourth-order valence-corrected chi connectivity index (χ4v) is 2.53. The van der Waals surface area contributed by atoms with E-state index in [0.717, 1.165) is 24.2 Å². The maximum absolute atomic E-state index is 11.5. The highest BCUT2D eigenvalue weighted by atomic mass is 35.5. The van der Waals surface area contributed by atoms with Crippen LogP contribution in [0.4, 0.5) is 23.7 Å². The average Bonchev–Trinajstić information content (AvgIpc) is 2.88. The minimum atomic E-state index is -5.08. The van der Waals surface area contributed by atoms with Crippen LogP contribution in [0.15, 0.2) is 18.2 Å². The number of benzene rings is 1. The maximum Gasteiger partial charge on any atom is 0.490 e. The van der Waals surface area contributed by atoms with Gasteiger partial charge in [-0.25, -0.2) is 9.59 Å². The van der Waals surface area contributed by atoms with Gasteiger partial charge < -0.3 is 15.2 Å². The lowest BCUT2D eigenvalue weighted by Gasteiger charge is -2.34. The molecule has 2 heterocycles. The highest BCUT2D eigenvalue weighted by molar-refractivity contribution is 6.30. The molecule has 0 aliphatic carbocycles. The number of carbonyl (C=O) groups is 2. The van der Waals surface area contributed by atoms with Crippen molar-refractivity contribution < 1.29 is 32.6 Å². The van der Waals surface area contributed by atoms with Gasteiger partial charge >= 0.3 is 18.2 Å². The minimum absolute atomic E-state index is 0.390. The number of rotatable bonds is 0. The normalized spacial score (nSPS) is 22.5. The van der Waals surface area contributed by atoms with Crippen LogP contribution in [0.25, 0.3) is 0 Å². The highest BCUT2D eigenvalue weighted by Crippen LogP contribution is 2.41. The van der Waals surface area contributed by atoms with Crippen molar-refractivity contribution in [1.82, 2.24) is 5.32 Å². The molecular formula is C13H12ClF3N2O4. The Morgan fingerprint density at radius 3 is 2.57 bits per heavy atom. The van der Waals surface area contributed by atoms with Crippen molar-refractivity contribution in [2.45, 2.75) is 18.2 Å². The molecule has 1 amide bonds. The van der Waals surface area contributed by atoms with E-state index in [1.807, 2.05) is 12.1 Å². The molecule has 1 unspecified atom stereocenters. The fourth-order valence-electron chi connectivity index (χ4n) is 2.36. The van der Waals surface area contributed by atoms with Crippen molar-refractivity contribution in [3.8, 4) is 0 Å². The van der Waals surface area contributed by atoms with E-state index in [1.165, 1.54) is 0 Å². The molecule has 10 heteroatoms. The molecule has 1 spiro atoms. The van der Waals surface area contributed by atoms with E-state index in [1.54, 1.807) is 6.07 Å². The van der Waals surface area contributed by atoms with Crippen LogP contribution in [0.2, 0.25) is 5.02 Å². The standard InChI is InChI=1S/C11H11ClN2O2.C2HF3O2/c12-7-1-2-9-8(5-7)11(3-4-13-6-11)16-10(15)14-9;3-2(4,5)1(6)7/h1-2,5,13H,3-4,6H2,(H,14,15);(H,6,7). The van der Waals surface area contributed by atoms with Crippen molar-refractivity contribution >= 4 is 29.4 Å². The molecule has 3 rings (SSSR count). The van der Waals surface area contributed by atoms with E-state index < -0.39 is 23.8 Å². The lowest BCUT2D eigenvalue weighted by Crippen LogP contribution is -2.41. The summed E-state index contributed by atoms with van der Waals surface area (Å²) in [7, 11) is 0. The Hall–Kier alpha value is -2.00.